The van der Waals surface area contributed by atoms with Gasteiger partial charge in [0.1, 0.15) is 5.54 Å². The molecule has 5 heteroatoms. The summed E-state index contributed by atoms with van der Waals surface area (Å²) < 4.78 is 0. The summed E-state index contributed by atoms with van der Waals surface area (Å²) in [7, 11) is 0. The molecule has 5 nitrogen and oxygen atoms in total. The van der Waals surface area contributed by atoms with Crippen LogP contribution in [0, 0.1) is 6.92 Å². The third kappa shape index (κ3) is 2.54. The number of carbonyl (C=O) groups is 2. The molecule has 1 aromatic heterocycles. The number of nitrogens with zero attached hydrogens (tertiary/aromatic N) is 1. The van der Waals surface area contributed by atoms with Crippen molar-refractivity contribution in [3.63, 3.8) is 0 Å². The van der Waals surface area contributed by atoms with Crippen LogP contribution in [0.4, 0.5) is 4.79 Å². The normalized spacial score (nSPS) is 19.8. The average Bonchev–Trinajstić information content (AvgIpc) is 2.87. The SMILES string of the molecule is Cc1ccc2cc(-c3ccc([C@@]4(C)NC(=O)NC4=O)cc3)ccc2n1. The standard InChI is InChI=1S/C20H17N3O2/c1-12-3-4-15-11-14(7-10-17(15)21-12)13-5-8-16(9-6-13)20(2)18(24)22-19(25)23-20/h3-11H,1-2H3,(H2,22,23,24,25)/t20-/m1/s1. The van der Waals surface area contributed by atoms with E-state index in [2.05, 4.69) is 27.8 Å². The van der Waals surface area contributed by atoms with Crippen LogP contribution in [0.3, 0.4) is 0 Å². The zero-order valence-electron chi connectivity index (χ0n) is 14.0. The van der Waals surface area contributed by atoms with Gasteiger partial charge in [-0.15, -0.1) is 0 Å². The van der Waals surface area contributed by atoms with Crippen molar-refractivity contribution in [2.24, 2.45) is 0 Å². The van der Waals surface area contributed by atoms with Gasteiger partial charge in [-0.3, -0.25) is 15.1 Å². The Hall–Kier alpha value is -3.21. The van der Waals surface area contributed by atoms with Gasteiger partial charge in [-0.2, -0.15) is 0 Å². The van der Waals surface area contributed by atoms with Crippen LogP contribution in [-0.4, -0.2) is 16.9 Å². The maximum Gasteiger partial charge on any atom is 0.322 e. The second-order valence-corrected chi connectivity index (χ2v) is 6.47. The number of urea groups is 1. The number of hydrogen-bond acceptors (Lipinski definition) is 3. The van der Waals surface area contributed by atoms with Crippen LogP contribution in [0.1, 0.15) is 18.2 Å². The first-order valence-electron chi connectivity index (χ1n) is 8.08. The number of aromatic nitrogens is 1. The number of amides is 3. The van der Waals surface area contributed by atoms with Crippen molar-refractivity contribution >= 4 is 22.8 Å². The van der Waals surface area contributed by atoms with Crippen molar-refractivity contribution in [1.29, 1.82) is 0 Å². The summed E-state index contributed by atoms with van der Waals surface area (Å²) in [5.41, 5.74) is 3.81. The Balaban J connectivity index is 1.70. The summed E-state index contributed by atoms with van der Waals surface area (Å²) in [6.45, 7) is 3.68. The second-order valence-electron chi connectivity index (χ2n) is 6.47. The Labute approximate surface area is 145 Å². The minimum atomic E-state index is -1.03. The summed E-state index contributed by atoms with van der Waals surface area (Å²) in [6, 6.07) is 17.4. The smallest absolute Gasteiger partial charge is 0.320 e. The zero-order chi connectivity index (χ0) is 17.6. The lowest BCUT2D eigenvalue weighted by Gasteiger charge is -2.21. The maximum absolute atomic E-state index is 12.0. The van der Waals surface area contributed by atoms with Crippen LogP contribution in [-0.2, 0) is 10.3 Å². The minimum absolute atomic E-state index is 0.336. The van der Waals surface area contributed by atoms with Crippen molar-refractivity contribution < 1.29 is 9.59 Å². The summed E-state index contributed by atoms with van der Waals surface area (Å²) >= 11 is 0. The number of carbonyl (C=O) groups excluding carboxylic acids is 2. The third-order valence-electron chi connectivity index (χ3n) is 4.67. The molecule has 1 aliphatic rings. The Morgan fingerprint density at radius 2 is 1.64 bits per heavy atom. The van der Waals surface area contributed by atoms with Crippen LogP contribution in [0.2, 0.25) is 0 Å². The number of imide groups is 1. The lowest BCUT2D eigenvalue weighted by atomic mass is 9.90. The Morgan fingerprint density at radius 1 is 0.920 bits per heavy atom. The molecule has 1 saturated heterocycles. The predicted octanol–water partition coefficient (Wildman–Crippen LogP) is 3.26. The van der Waals surface area contributed by atoms with E-state index in [0.717, 1.165) is 33.3 Å². The fraction of sp³-hybridized carbons (Fsp3) is 0.150. The molecule has 25 heavy (non-hydrogen) atoms. The van der Waals surface area contributed by atoms with Crippen LogP contribution >= 0.6 is 0 Å². The Morgan fingerprint density at radius 3 is 2.32 bits per heavy atom. The molecule has 4 rings (SSSR count). The Kier molecular flexibility index (Phi) is 3.32. The van der Waals surface area contributed by atoms with Gasteiger partial charge >= 0.3 is 6.03 Å². The van der Waals surface area contributed by atoms with Gasteiger partial charge in [-0.1, -0.05) is 36.4 Å². The van der Waals surface area contributed by atoms with Crippen LogP contribution in [0.25, 0.3) is 22.0 Å². The average molecular weight is 331 g/mol. The van der Waals surface area contributed by atoms with Gasteiger partial charge in [0.15, 0.2) is 0 Å². The van der Waals surface area contributed by atoms with E-state index in [-0.39, 0.29) is 5.91 Å². The van der Waals surface area contributed by atoms with Crippen molar-refractivity contribution in [1.82, 2.24) is 15.6 Å². The van der Waals surface area contributed by atoms with Crippen molar-refractivity contribution in [2.75, 3.05) is 0 Å². The van der Waals surface area contributed by atoms with E-state index in [1.165, 1.54) is 0 Å². The first-order chi connectivity index (χ1) is 12.0. The van der Waals surface area contributed by atoms with Crippen molar-refractivity contribution in [3.8, 4) is 11.1 Å². The van der Waals surface area contributed by atoms with Gasteiger partial charge in [0, 0.05) is 11.1 Å². The van der Waals surface area contributed by atoms with Crippen molar-refractivity contribution in [2.45, 2.75) is 19.4 Å². The van der Waals surface area contributed by atoms with E-state index in [0.29, 0.717) is 0 Å². The summed E-state index contributed by atoms with van der Waals surface area (Å²) in [6.07, 6.45) is 0. The largest absolute Gasteiger partial charge is 0.322 e. The molecule has 124 valence electrons. The molecule has 0 bridgehead atoms. The molecule has 1 fully saturated rings. The molecule has 1 atom stereocenters. The van der Waals surface area contributed by atoms with E-state index >= 15 is 0 Å². The number of benzene rings is 2. The zero-order valence-corrected chi connectivity index (χ0v) is 14.0. The van der Waals surface area contributed by atoms with E-state index in [1.807, 2.05) is 49.4 Å². The van der Waals surface area contributed by atoms with Gasteiger partial charge in [0.2, 0.25) is 0 Å². The molecular weight excluding hydrogens is 314 g/mol. The maximum atomic E-state index is 12.0. The fourth-order valence-electron chi connectivity index (χ4n) is 3.15. The molecule has 0 aliphatic carbocycles. The summed E-state index contributed by atoms with van der Waals surface area (Å²) in [5, 5.41) is 6.04. The number of fused-ring (bicyclic) bond motifs is 1. The second kappa shape index (κ2) is 5.41. The van der Waals surface area contributed by atoms with Crippen molar-refractivity contribution in [3.05, 3.63) is 65.9 Å². The number of rotatable bonds is 2. The molecule has 2 aromatic carbocycles. The van der Waals surface area contributed by atoms with Gasteiger partial charge < -0.3 is 5.32 Å². The summed E-state index contributed by atoms with van der Waals surface area (Å²) in [5.74, 6) is -0.336. The minimum Gasteiger partial charge on any atom is -0.320 e. The molecule has 0 spiro atoms. The molecule has 0 radical (unpaired) electrons. The number of nitrogens with one attached hydrogen (secondary N) is 2. The quantitative estimate of drug-likeness (QED) is 0.708. The Bertz CT molecular complexity index is 1010. The highest BCUT2D eigenvalue weighted by atomic mass is 16.2. The molecule has 0 saturated carbocycles. The molecule has 3 amide bonds. The fourth-order valence-corrected chi connectivity index (χ4v) is 3.15. The number of hydrogen-bond donors (Lipinski definition) is 2. The lowest BCUT2D eigenvalue weighted by molar-refractivity contribution is -0.123. The van der Waals surface area contributed by atoms with Gasteiger partial charge in [0.25, 0.3) is 5.91 Å². The number of pyridine rings is 1. The molecule has 2 N–H and O–H groups in total. The summed E-state index contributed by atoms with van der Waals surface area (Å²) in [4.78, 5) is 28.0. The van der Waals surface area contributed by atoms with Crippen LogP contribution in [0.15, 0.2) is 54.6 Å². The molecule has 1 aliphatic heterocycles. The monoisotopic (exact) mass is 331 g/mol. The van der Waals surface area contributed by atoms with Gasteiger partial charge in [0.05, 0.1) is 5.52 Å². The van der Waals surface area contributed by atoms with Gasteiger partial charge in [-0.05, 0) is 48.7 Å². The molecule has 3 aromatic rings. The molecular formula is C20H17N3O2. The van der Waals surface area contributed by atoms with Crippen LogP contribution < -0.4 is 10.6 Å². The highest BCUT2D eigenvalue weighted by Crippen LogP contribution is 2.28. The molecule has 0 unspecified atom stereocenters. The third-order valence-corrected chi connectivity index (χ3v) is 4.67. The predicted molar refractivity (Wildman–Crippen MR) is 95.9 cm³/mol. The highest BCUT2D eigenvalue weighted by Gasteiger charge is 2.43. The van der Waals surface area contributed by atoms with E-state index in [1.54, 1.807) is 6.92 Å². The molecule has 2 heterocycles. The first kappa shape index (κ1) is 15.3. The van der Waals surface area contributed by atoms with E-state index in [4.69, 9.17) is 0 Å². The first-order valence-corrected chi connectivity index (χ1v) is 8.08. The van der Waals surface area contributed by atoms with Crippen LogP contribution in [0.5, 0.6) is 0 Å². The van der Waals surface area contributed by atoms with E-state index < -0.39 is 11.6 Å². The van der Waals surface area contributed by atoms with E-state index in [9.17, 15) is 9.59 Å². The topological polar surface area (TPSA) is 71.1 Å². The van der Waals surface area contributed by atoms with Gasteiger partial charge in [-0.25, -0.2) is 4.79 Å². The number of aryl methyl sites for hydroxylation is 1. The highest BCUT2D eigenvalue weighted by molar-refractivity contribution is 6.07. The lowest BCUT2D eigenvalue weighted by Crippen LogP contribution is -2.40.